The third-order valence-electron chi connectivity index (χ3n) is 3.40. The molecule has 2 rings (SSSR count). The van der Waals surface area contributed by atoms with Crippen molar-refractivity contribution in [3.05, 3.63) is 71.3 Å². The SMILES string of the molecule is CC(O)(CNC(=O)NCc1cccc(F)c1)c1ccc(F)cc1. The summed E-state index contributed by atoms with van der Waals surface area (Å²) in [6, 6.07) is 10.8. The number of aliphatic hydroxyl groups is 1. The monoisotopic (exact) mass is 320 g/mol. The molecule has 0 heterocycles. The summed E-state index contributed by atoms with van der Waals surface area (Å²) in [6.45, 7) is 1.64. The van der Waals surface area contributed by atoms with E-state index in [0.717, 1.165) is 0 Å². The predicted molar refractivity (Wildman–Crippen MR) is 82.6 cm³/mol. The molecule has 0 aromatic heterocycles. The number of rotatable bonds is 5. The fraction of sp³-hybridized carbons (Fsp3) is 0.235. The first-order valence-electron chi connectivity index (χ1n) is 7.11. The van der Waals surface area contributed by atoms with Crippen LogP contribution in [0, 0.1) is 11.6 Å². The molecule has 3 N–H and O–H groups in total. The van der Waals surface area contributed by atoms with Crippen LogP contribution in [0.25, 0.3) is 0 Å². The van der Waals surface area contributed by atoms with E-state index in [-0.39, 0.29) is 18.9 Å². The molecule has 0 saturated carbocycles. The average molecular weight is 320 g/mol. The minimum Gasteiger partial charge on any atom is -0.384 e. The maximum atomic E-state index is 13.0. The van der Waals surface area contributed by atoms with Gasteiger partial charge in [-0.15, -0.1) is 0 Å². The van der Waals surface area contributed by atoms with Gasteiger partial charge in [-0.1, -0.05) is 24.3 Å². The molecule has 0 aliphatic heterocycles. The second-order valence-corrected chi connectivity index (χ2v) is 5.45. The third-order valence-corrected chi connectivity index (χ3v) is 3.40. The standard InChI is InChI=1S/C17H18F2N2O2/c1-17(23,13-5-7-14(18)8-6-13)11-21-16(22)20-10-12-3-2-4-15(19)9-12/h2-9,23H,10-11H2,1H3,(H2,20,21,22). The molecule has 2 aromatic rings. The van der Waals surface area contributed by atoms with Crippen LogP contribution >= 0.6 is 0 Å². The van der Waals surface area contributed by atoms with E-state index >= 15 is 0 Å². The zero-order valence-electron chi connectivity index (χ0n) is 12.6. The molecule has 1 unspecified atom stereocenters. The van der Waals surface area contributed by atoms with E-state index in [1.807, 2.05) is 0 Å². The first-order valence-corrected chi connectivity index (χ1v) is 7.11. The molecule has 0 bridgehead atoms. The minimum absolute atomic E-state index is 0.0480. The number of carbonyl (C=O) groups excluding carboxylic acids is 1. The van der Waals surface area contributed by atoms with E-state index in [1.54, 1.807) is 12.1 Å². The van der Waals surface area contributed by atoms with Gasteiger partial charge in [-0.3, -0.25) is 0 Å². The van der Waals surface area contributed by atoms with Gasteiger partial charge in [0.25, 0.3) is 0 Å². The zero-order chi connectivity index (χ0) is 16.9. The summed E-state index contributed by atoms with van der Waals surface area (Å²) in [4.78, 5) is 11.7. The Balaban J connectivity index is 1.84. The molecule has 0 aliphatic carbocycles. The highest BCUT2D eigenvalue weighted by Gasteiger charge is 2.23. The van der Waals surface area contributed by atoms with Crippen LogP contribution in [0.2, 0.25) is 0 Å². The van der Waals surface area contributed by atoms with Gasteiger partial charge in [0.2, 0.25) is 0 Å². The lowest BCUT2D eigenvalue weighted by atomic mass is 9.96. The fourth-order valence-electron chi connectivity index (χ4n) is 2.06. The highest BCUT2D eigenvalue weighted by molar-refractivity contribution is 5.73. The van der Waals surface area contributed by atoms with E-state index in [0.29, 0.717) is 11.1 Å². The maximum Gasteiger partial charge on any atom is 0.315 e. The Morgan fingerprint density at radius 2 is 1.78 bits per heavy atom. The summed E-state index contributed by atoms with van der Waals surface area (Å²) in [5, 5.41) is 15.4. The van der Waals surface area contributed by atoms with Crippen molar-refractivity contribution >= 4 is 6.03 Å². The molecule has 23 heavy (non-hydrogen) atoms. The number of nitrogens with one attached hydrogen (secondary N) is 2. The number of hydrogen-bond donors (Lipinski definition) is 3. The Hall–Kier alpha value is -2.47. The van der Waals surface area contributed by atoms with Gasteiger partial charge in [0.05, 0.1) is 6.54 Å². The van der Waals surface area contributed by atoms with Gasteiger partial charge >= 0.3 is 6.03 Å². The van der Waals surface area contributed by atoms with Gasteiger partial charge in [-0.25, -0.2) is 13.6 Å². The van der Waals surface area contributed by atoms with E-state index in [2.05, 4.69) is 10.6 Å². The van der Waals surface area contributed by atoms with E-state index in [4.69, 9.17) is 0 Å². The van der Waals surface area contributed by atoms with Crippen LogP contribution in [0.5, 0.6) is 0 Å². The smallest absolute Gasteiger partial charge is 0.315 e. The van der Waals surface area contributed by atoms with E-state index in [1.165, 1.54) is 43.3 Å². The molecule has 2 aromatic carbocycles. The molecule has 0 fully saturated rings. The zero-order valence-corrected chi connectivity index (χ0v) is 12.6. The number of benzene rings is 2. The summed E-state index contributed by atoms with van der Waals surface area (Å²) in [7, 11) is 0. The van der Waals surface area contributed by atoms with Crippen LogP contribution in [-0.4, -0.2) is 17.7 Å². The Kier molecular flexibility index (Phi) is 5.28. The predicted octanol–water partition coefficient (Wildman–Crippen LogP) is 2.67. The van der Waals surface area contributed by atoms with Crippen molar-refractivity contribution < 1.29 is 18.7 Å². The van der Waals surface area contributed by atoms with Crippen LogP contribution in [0.15, 0.2) is 48.5 Å². The molecule has 0 saturated heterocycles. The van der Waals surface area contributed by atoms with Crippen LogP contribution in [0.3, 0.4) is 0 Å². The van der Waals surface area contributed by atoms with Crippen molar-refractivity contribution in [1.29, 1.82) is 0 Å². The van der Waals surface area contributed by atoms with Crippen molar-refractivity contribution in [2.45, 2.75) is 19.1 Å². The Labute approximate surface area is 133 Å². The van der Waals surface area contributed by atoms with Crippen LogP contribution in [0.4, 0.5) is 13.6 Å². The number of hydrogen-bond acceptors (Lipinski definition) is 2. The third kappa shape index (κ3) is 5.03. The van der Waals surface area contributed by atoms with Gasteiger partial charge < -0.3 is 15.7 Å². The molecular weight excluding hydrogens is 302 g/mol. The van der Waals surface area contributed by atoms with Gasteiger partial charge in [0.1, 0.15) is 17.2 Å². The van der Waals surface area contributed by atoms with Gasteiger partial charge in [-0.2, -0.15) is 0 Å². The molecule has 1 atom stereocenters. The number of halogens is 2. The molecule has 0 aliphatic rings. The molecular formula is C17H18F2N2O2. The highest BCUT2D eigenvalue weighted by Crippen LogP contribution is 2.19. The number of carbonyl (C=O) groups is 1. The van der Waals surface area contributed by atoms with Crippen molar-refractivity contribution in [3.63, 3.8) is 0 Å². The topological polar surface area (TPSA) is 61.4 Å². The highest BCUT2D eigenvalue weighted by atomic mass is 19.1. The molecule has 4 nitrogen and oxygen atoms in total. The molecule has 2 amide bonds. The lowest BCUT2D eigenvalue weighted by molar-refractivity contribution is 0.0593. The van der Waals surface area contributed by atoms with Crippen molar-refractivity contribution in [2.75, 3.05) is 6.54 Å². The van der Waals surface area contributed by atoms with Crippen LogP contribution < -0.4 is 10.6 Å². The molecule has 6 heteroatoms. The van der Waals surface area contributed by atoms with Crippen molar-refractivity contribution in [3.8, 4) is 0 Å². The summed E-state index contributed by atoms with van der Waals surface area (Å²) in [6.07, 6.45) is 0. The van der Waals surface area contributed by atoms with E-state index < -0.39 is 17.4 Å². The molecule has 0 radical (unpaired) electrons. The van der Waals surface area contributed by atoms with Crippen molar-refractivity contribution in [1.82, 2.24) is 10.6 Å². The second kappa shape index (κ2) is 7.19. The largest absolute Gasteiger partial charge is 0.384 e. The Morgan fingerprint density at radius 3 is 2.43 bits per heavy atom. The fourth-order valence-corrected chi connectivity index (χ4v) is 2.06. The van der Waals surface area contributed by atoms with Crippen molar-refractivity contribution in [2.24, 2.45) is 0 Å². The summed E-state index contributed by atoms with van der Waals surface area (Å²) in [5.41, 5.74) is -0.209. The second-order valence-electron chi connectivity index (χ2n) is 5.45. The Bertz CT molecular complexity index is 673. The summed E-state index contributed by atoms with van der Waals surface area (Å²) >= 11 is 0. The summed E-state index contributed by atoms with van der Waals surface area (Å²) in [5.74, 6) is -0.769. The van der Waals surface area contributed by atoms with Gasteiger partial charge in [-0.05, 0) is 42.3 Å². The van der Waals surface area contributed by atoms with E-state index in [9.17, 15) is 18.7 Å². The first kappa shape index (κ1) is 16.9. The first-order chi connectivity index (χ1) is 10.9. The normalized spacial score (nSPS) is 13.2. The molecule has 122 valence electrons. The van der Waals surface area contributed by atoms with Crippen LogP contribution in [0.1, 0.15) is 18.1 Å². The van der Waals surface area contributed by atoms with Gasteiger partial charge in [0, 0.05) is 6.54 Å². The quantitative estimate of drug-likeness (QED) is 0.793. The van der Waals surface area contributed by atoms with Crippen LogP contribution in [-0.2, 0) is 12.1 Å². The minimum atomic E-state index is -1.33. The summed E-state index contributed by atoms with van der Waals surface area (Å²) < 4.78 is 25.9. The molecule has 0 spiro atoms. The number of urea groups is 1. The Morgan fingerprint density at radius 1 is 1.09 bits per heavy atom. The average Bonchev–Trinajstić information content (AvgIpc) is 2.51. The number of amides is 2. The lowest BCUT2D eigenvalue weighted by Gasteiger charge is -2.24. The van der Waals surface area contributed by atoms with Gasteiger partial charge in [0.15, 0.2) is 0 Å². The lowest BCUT2D eigenvalue weighted by Crippen LogP contribution is -2.43. The maximum absolute atomic E-state index is 13.0.